The van der Waals surface area contributed by atoms with Gasteiger partial charge in [-0.15, -0.1) is 13.2 Å². The van der Waals surface area contributed by atoms with Gasteiger partial charge in [0.2, 0.25) is 0 Å². The van der Waals surface area contributed by atoms with Crippen LogP contribution >= 0.6 is 0 Å². The molecule has 0 bridgehead atoms. The normalized spacial score (nSPS) is 11.5. The Morgan fingerprint density at radius 2 is 2.00 bits per heavy atom. The Kier molecular flexibility index (Phi) is 4.06. The van der Waals surface area contributed by atoms with Crippen molar-refractivity contribution in [2.75, 3.05) is 0 Å². The molecule has 2 rings (SSSR count). The van der Waals surface area contributed by atoms with E-state index in [4.69, 9.17) is 0 Å². The summed E-state index contributed by atoms with van der Waals surface area (Å²) < 4.78 is 40.0. The van der Waals surface area contributed by atoms with Gasteiger partial charge in [0.15, 0.2) is 0 Å². The van der Waals surface area contributed by atoms with Crippen LogP contribution in [-0.2, 0) is 13.1 Å². The second-order valence-electron chi connectivity index (χ2n) is 3.91. The lowest BCUT2D eigenvalue weighted by molar-refractivity contribution is -0.274. The van der Waals surface area contributed by atoms with Gasteiger partial charge in [-0.25, -0.2) is 0 Å². The monoisotopic (exact) mass is 271 g/mol. The third-order valence-electron chi connectivity index (χ3n) is 2.35. The molecule has 0 aliphatic carbocycles. The molecule has 1 aromatic heterocycles. The molecule has 19 heavy (non-hydrogen) atoms. The van der Waals surface area contributed by atoms with Gasteiger partial charge in [0.1, 0.15) is 5.75 Å². The van der Waals surface area contributed by atoms with Crippen molar-refractivity contribution in [1.82, 2.24) is 15.5 Å². The Morgan fingerprint density at radius 3 is 2.68 bits per heavy atom. The Morgan fingerprint density at radius 1 is 1.21 bits per heavy atom. The molecular formula is C12H12F3N3O. The number of rotatable bonds is 5. The number of halogens is 3. The van der Waals surface area contributed by atoms with Gasteiger partial charge in [-0.1, -0.05) is 12.1 Å². The minimum absolute atomic E-state index is 0.213. The molecule has 0 fully saturated rings. The number of alkyl halides is 3. The molecule has 102 valence electrons. The maximum atomic E-state index is 12.1. The van der Waals surface area contributed by atoms with Crippen molar-refractivity contribution < 1.29 is 17.9 Å². The molecule has 1 aromatic carbocycles. The van der Waals surface area contributed by atoms with E-state index in [0.29, 0.717) is 18.7 Å². The molecule has 0 atom stereocenters. The predicted molar refractivity (Wildman–Crippen MR) is 62.3 cm³/mol. The van der Waals surface area contributed by atoms with Gasteiger partial charge in [-0.05, 0) is 17.7 Å². The molecule has 0 aliphatic rings. The number of nitrogens with one attached hydrogen (secondary N) is 2. The summed E-state index contributed by atoms with van der Waals surface area (Å²) in [5.74, 6) is -0.213. The molecule has 0 aliphatic heterocycles. The second kappa shape index (κ2) is 5.75. The van der Waals surface area contributed by atoms with E-state index in [-0.39, 0.29) is 5.75 Å². The summed E-state index contributed by atoms with van der Waals surface area (Å²) in [5, 5.41) is 9.57. The molecular weight excluding hydrogens is 259 g/mol. The van der Waals surface area contributed by atoms with Crippen LogP contribution in [0, 0.1) is 0 Å². The number of hydrogen-bond acceptors (Lipinski definition) is 3. The highest BCUT2D eigenvalue weighted by atomic mass is 19.4. The molecule has 0 spiro atoms. The lowest BCUT2D eigenvalue weighted by atomic mass is 10.2. The van der Waals surface area contributed by atoms with Crippen LogP contribution in [0.3, 0.4) is 0 Å². The van der Waals surface area contributed by atoms with E-state index in [9.17, 15) is 13.2 Å². The van der Waals surface area contributed by atoms with E-state index in [1.54, 1.807) is 18.5 Å². The van der Waals surface area contributed by atoms with Gasteiger partial charge in [0, 0.05) is 24.8 Å². The van der Waals surface area contributed by atoms with E-state index in [1.165, 1.54) is 18.2 Å². The summed E-state index contributed by atoms with van der Waals surface area (Å²) in [6.45, 7) is 1.03. The second-order valence-corrected chi connectivity index (χ2v) is 3.91. The van der Waals surface area contributed by atoms with Gasteiger partial charge >= 0.3 is 6.36 Å². The molecule has 7 heteroatoms. The van der Waals surface area contributed by atoms with Crippen molar-refractivity contribution in [3.05, 3.63) is 47.8 Å². The third-order valence-corrected chi connectivity index (χ3v) is 2.35. The topological polar surface area (TPSA) is 49.9 Å². The zero-order chi connectivity index (χ0) is 13.7. The zero-order valence-corrected chi connectivity index (χ0v) is 9.87. The number of ether oxygens (including phenoxy) is 1. The van der Waals surface area contributed by atoms with Crippen LogP contribution in [-0.4, -0.2) is 16.6 Å². The standard InChI is InChI=1S/C12H12F3N3O/c13-12(14,15)19-11-3-1-2-9(4-11)5-16-6-10-7-17-18-8-10/h1-4,7-8,16H,5-6H2,(H,17,18). The van der Waals surface area contributed by atoms with Crippen molar-refractivity contribution in [2.24, 2.45) is 0 Å². The minimum Gasteiger partial charge on any atom is -0.406 e. The Labute approximate surface area is 107 Å². The molecule has 2 N–H and O–H groups in total. The Hall–Kier alpha value is -2.02. The summed E-state index contributed by atoms with van der Waals surface area (Å²) in [5.41, 5.74) is 1.69. The summed E-state index contributed by atoms with van der Waals surface area (Å²) >= 11 is 0. The summed E-state index contributed by atoms with van der Waals surface area (Å²) in [4.78, 5) is 0. The molecule has 0 saturated carbocycles. The highest BCUT2D eigenvalue weighted by Gasteiger charge is 2.31. The van der Waals surface area contributed by atoms with E-state index in [1.807, 2.05) is 0 Å². The first-order chi connectivity index (χ1) is 9.03. The van der Waals surface area contributed by atoms with Gasteiger partial charge in [-0.3, -0.25) is 5.10 Å². The number of benzene rings is 1. The molecule has 4 nitrogen and oxygen atoms in total. The fourth-order valence-corrected chi connectivity index (χ4v) is 1.58. The maximum absolute atomic E-state index is 12.1. The van der Waals surface area contributed by atoms with E-state index in [2.05, 4.69) is 20.3 Å². The van der Waals surface area contributed by atoms with Crippen LogP contribution < -0.4 is 10.1 Å². The quantitative estimate of drug-likeness (QED) is 0.878. The third kappa shape index (κ3) is 4.63. The highest BCUT2D eigenvalue weighted by molar-refractivity contribution is 5.28. The van der Waals surface area contributed by atoms with Crippen LogP contribution in [0.5, 0.6) is 5.75 Å². The van der Waals surface area contributed by atoms with Crippen molar-refractivity contribution in [3.63, 3.8) is 0 Å². The van der Waals surface area contributed by atoms with Crippen molar-refractivity contribution in [2.45, 2.75) is 19.5 Å². The van der Waals surface area contributed by atoms with Gasteiger partial charge in [0.05, 0.1) is 6.20 Å². The van der Waals surface area contributed by atoms with Gasteiger partial charge < -0.3 is 10.1 Å². The fourth-order valence-electron chi connectivity index (χ4n) is 1.58. The first-order valence-corrected chi connectivity index (χ1v) is 5.56. The van der Waals surface area contributed by atoms with E-state index < -0.39 is 6.36 Å². The van der Waals surface area contributed by atoms with Crippen LogP contribution in [0.1, 0.15) is 11.1 Å². The fraction of sp³-hybridized carbons (Fsp3) is 0.250. The number of aromatic amines is 1. The number of aromatic nitrogens is 2. The summed E-state index contributed by atoms with van der Waals surface area (Å²) in [7, 11) is 0. The van der Waals surface area contributed by atoms with Crippen LogP contribution in [0.15, 0.2) is 36.7 Å². The Balaban J connectivity index is 1.88. The number of nitrogens with zero attached hydrogens (tertiary/aromatic N) is 1. The Bertz CT molecular complexity index is 511. The van der Waals surface area contributed by atoms with Gasteiger partial charge in [-0.2, -0.15) is 5.10 Å². The SMILES string of the molecule is FC(F)(F)Oc1cccc(CNCc2cn[nH]c2)c1. The molecule has 0 radical (unpaired) electrons. The molecule has 0 saturated heterocycles. The van der Waals surface area contributed by atoms with Crippen molar-refractivity contribution in [3.8, 4) is 5.75 Å². The van der Waals surface area contributed by atoms with Crippen LogP contribution in [0.4, 0.5) is 13.2 Å². The lowest BCUT2D eigenvalue weighted by Gasteiger charge is -2.10. The molecule has 1 heterocycles. The summed E-state index contributed by atoms with van der Waals surface area (Å²) in [6, 6.07) is 5.88. The first kappa shape index (κ1) is 13.4. The predicted octanol–water partition coefficient (Wildman–Crippen LogP) is 2.60. The maximum Gasteiger partial charge on any atom is 0.573 e. The average Bonchev–Trinajstić information content (AvgIpc) is 2.80. The van der Waals surface area contributed by atoms with E-state index >= 15 is 0 Å². The molecule has 0 unspecified atom stereocenters. The van der Waals surface area contributed by atoms with Crippen LogP contribution in [0.25, 0.3) is 0 Å². The smallest absolute Gasteiger partial charge is 0.406 e. The number of hydrogen-bond donors (Lipinski definition) is 2. The highest BCUT2D eigenvalue weighted by Crippen LogP contribution is 2.23. The molecule has 2 aromatic rings. The first-order valence-electron chi connectivity index (χ1n) is 5.56. The average molecular weight is 271 g/mol. The van der Waals surface area contributed by atoms with Crippen molar-refractivity contribution >= 4 is 0 Å². The number of H-pyrrole nitrogens is 1. The van der Waals surface area contributed by atoms with Crippen LogP contribution in [0.2, 0.25) is 0 Å². The van der Waals surface area contributed by atoms with E-state index in [0.717, 1.165) is 5.56 Å². The minimum atomic E-state index is -4.66. The van der Waals surface area contributed by atoms with Crippen molar-refractivity contribution in [1.29, 1.82) is 0 Å². The lowest BCUT2D eigenvalue weighted by Crippen LogP contribution is -2.17. The van der Waals surface area contributed by atoms with Gasteiger partial charge in [0.25, 0.3) is 0 Å². The molecule has 0 amide bonds. The zero-order valence-electron chi connectivity index (χ0n) is 9.87. The summed E-state index contributed by atoms with van der Waals surface area (Å²) in [6.07, 6.45) is -1.24. The largest absolute Gasteiger partial charge is 0.573 e.